The summed E-state index contributed by atoms with van der Waals surface area (Å²) in [6, 6.07) is 6.09. The lowest BCUT2D eigenvalue weighted by Gasteiger charge is -2.41. The Bertz CT molecular complexity index is 859. The summed E-state index contributed by atoms with van der Waals surface area (Å²) in [5.74, 6) is -0.0693. The maximum atomic E-state index is 13.7. The number of nitrogens with zero attached hydrogens (tertiary/aromatic N) is 3. The molecule has 5 heteroatoms. The van der Waals surface area contributed by atoms with Crippen molar-refractivity contribution in [3.05, 3.63) is 40.3 Å². The minimum atomic E-state index is -0.234. The maximum Gasteiger partial charge on any atom is 0.264 e. The molecule has 0 saturated heterocycles. The van der Waals surface area contributed by atoms with Crippen LogP contribution >= 0.6 is 0 Å². The fourth-order valence-electron chi connectivity index (χ4n) is 4.94. The second-order valence-corrected chi connectivity index (χ2v) is 8.13. The third-order valence-corrected chi connectivity index (χ3v) is 6.37. The standard InChI is InChI=1S/C22H29N3O2/c1-24-20-16(9-8-14-23-20)15-19(21(24)26)22(27)25(17-10-4-2-5-11-17)18-12-6-3-7-13-18/h8-9,14-15,17-18H,2-7,10-13H2,1H3. The molecule has 0 bridgehead atoms. The molecule has 2 fully saturated rings. The van der Waals surface area contributed by atoms with E-state index in [4.69, 9.17) is 0 Å². The fraction of sp³-hybridized carbons (Fsp3) is 0.591. The summed E-state index contributed by atoms with van der Waals surface area (Å²) in [4.78, 5) is 33.0. The first-order valence-electron chi connectivity index (χ1n) is 10.4. The van der Waals surface area contributed by atoms with Crippen molar-refractivity contribution in [2.45, 2.75) is 76.3 Å². The largest absolute Gasteiger partial charge is 0.333 e. The van der Waals surface area contributed by atoms with Crippen molar-refractivity contribution < 1.29 is 4.79 Å². The van der Waals surface area contributed by atoms with E-state index in [0.29, 0.717) is 11.2 Å². The van der Waals surface area contributed by atoms with Gasteiger partial charge in [0.05, 0.1) is 0 Å². The molecule has 0 unspecified atom stereocenters. The molecule has 27 heavy (non-hydrogen) atoms. The zero-order valence-electron chi connectivity index (χ0n) is 16.2. The molecule has 144 valence electrons. The van der Waals surface area contributed by atoms with E-state index in [1.807, 2.05) is 12.1 Å². The summed E-state index contributed by atoms with van der Waals surface area (Å²) in [5.41, 5.74) is 0.692. The highest BCUT2D eigenvalue weighted by molar-refractivity contribution is 5.97. The molecule has 0 aliphatic heterocycles. The number of hydrogen-bond donors (Lipinski definition) is 0. The van der Waals surface area contributed by atoms with Crippen LogP contribution in [0.2, 0.25) is 0 Å². The zero-order valence-corrected chi connectivity index (χ0v) is 16.2. The summed E-state index contributed by atoms with van der Waals surface area (Å²) >= 11 is 0. The average molecular weight is 367 g/mol. The minimum Gasteiger partial charge on any atom is -0.333 e. The predicted octanol–water partition coefficient (Wildman–Crippen LogP) is 4.04. The first-order chi connectivity index (χ1) is 13.2. The van der Waals surface area contributed by atoms with Gasteiger partial charge in [-0.3, -0.25) is 14.2 Å². The van der Waals surface area contributed by atoms with Crippen LogP contribution in [0.15, 0.2) is 29.2 Å². The fourth-order valence-corrected chi connectivity index (χ4v) is 4.94. The van der Waals surface area contributed by atoms with E-state index < -0.39 is 0 Å². The lowest BCUT2D eigenvalue weighted by Crippen LogP contribution is -2.50. The van der Waals surface area contributed by atoms with Gasteiger partial charge in [-0.2, -0.15) is 0 Å². The highest BCUT2D eigenvalue weighted by Gasteiger charge is 2.34. The Hall–Kier alpha value is -2.17. The van der Waals surface area contributed by atoms with Gasteiger partial charge >= 0.3 is 0 Å². The number of hydrogen-bond acceptors (Lipinski definition) is 3. The van der Waals surface area contributed by atoms with Crippen LogP contribution < -0.4 is 5.56 Å². The number of carbonyl (C=O) groups excluding carboxylic acids is 1. The van der Waals surface area contributed by atoms with Crippen molar-refractivity contribution in [2.75, 3.05) is 0 Å². The molecule has 2 aliphatic rings. The topological polar surface area (TPSA) is 55.2 Å². The molecule has 2 heterocycles. The number of amides is 1. The number of carbonyl (C=O) groups is 1. The van der Waals surface area contributed by atoms with Gasteiger partial charge in [0, 0.05) is 30.7 Å². The van der Waals surface area contributed by atoms with Gasteiger partial charge in [-0.15, -0.1) is 0 Å². The van der Waals surface area contributed by atoms with Gasteiger partial charge in [-0.1, -0.05) is 38.5 Å². The van der Waals surface area contributed by atoms with Crippen LogP contribution in [0.3, 0.4) is 0 Å². The van der Waals surface area contributed by atoms with Crippen molar-refractivity contribution in [2.24, 2.45) is 7.05 Å². The molecular formula is C22H29N3O2. The predicted molar refractivity (Wildman–Crippen MR) is 107 cm³/mol. The molecule has 2 saturated carbocycles. The molecule has 2 aromatic rings. The van der Waals surface area contributed by atoms with Crippen LogP contribution in [0.4, 0.5) is 0 Å². The first-order valence-corrected chi connectivity index (χ1v) is 10.4. The Balaban J connectivity index is 1.75. The summed E-state index contributed by atoms with van der Waals surface area (Å²) in [6.07, 6.45) is 13.2. The zero-order chi connectivity index (χ0) is 18.8. The van der Waals surface area contributed by atoms with E-state index >= 15 is 0 Å². The molecule has 1 amide bonds. The number of rotatable bonds is 3. The van der Waals surface area contributed by atoms with E-state index in [0.717, 1.165) is 31.1 Å². The van der Waals surface area contributed by atoms with Crippen LogP contribution in [0, 0.1) is 0 Å². The Morgan fingerprint density at radius 3 is 2.22 bits per heavy atom. The third kappa shape index (κ3) is 3.52. The summed E-state index contributed by atoms with van der Waals surface area (Å²) in [6.45, 7) is 0. The van der Waals surface area contributed by atoms with Crippen LogP contribution in [0.1, 0.15) is 74.6 Å². The van der Waals surface area contributed by atoms with Gasteiger partial charge < -0.3 is 4.90 Å². The van der Waals surface area contributed by atoms with Gasteiger partial charge in [0.1, 0.15) is 11.2 Å². The normalized spacial score (nSPS) is 19.3. The number of aryl methyl sites for hydroxylation is 1. The molecule has 4 rings (SSSR count). The van der Waals surface area contributed by atoms with E-state index in [-0.39, 0.29) is 23.6 Å². The monoisotopic (exact) mass is 367 g/mol. The average Bonchev–Trinajstić information content (AvgIpc) is 2.72. The van der Waals surface area contributed by atoms with Crippen LogP contribution in [0.5, 0.6) is 0 Å². The van der Waals surface area contributed by atoms with E-state index in [1.54, 1.807) is 19.3 Å². The lowest BCUT2D eigenvalue weighted by atomic mass is 9.88. The molecule has 5 nitrogen and oxygen atoms in total. The second kappa shape index (κ2) is 7.83. The Morgan fingerprint density at radius 2 is 1.63 bits per heavy atom. The van der Waals surface area contributed by atoms with Crippen molar-refractivity contribution in [3.63, 3.8) is 0 Å². The van der Waals surface area contributed by atoms with Gasteiger partial charge in [-0.05, 0) is 43.9 Å². The molecule has 0 N–H and O–H groups in total. The summed E-state index contributed by atoms with van der Waals surface area (Å²) in [5, 5.41) is 0.843. The van der Waals surface area contributed by atoms with E-state index in [1.165, 1.54) is 43.1 Å². The Kier molecular flexibility index (Phi) is 5.28. The highest BCUT2D eigenvalue weighted by atomic mass is 16.2. The second-order valence-electron chi connectivity index (χ2n) is 8.13. The third-order valence-electron chi connectivity index (χ3n) is 6.37. The number of pyridine rings is 2. The first kappa shape index (κ1) is 18.2. The van der Waals surface area contributed by atoms with Crippen molar-refractivity contribution in [1.29, 1.82) is 0 Å². The van der Waals surface area contributed by atoms with Crippen LogP contribution in [-0.4, -0.2) is 32.4 Å². The quantitative estimate of drug-likeness (QED) is 0.823. The van der Waals surface area contributed by atoms with Crippen LogP contribution in [0.25, 0.3) is 11.0 Å². The molecule has 0 atom stereocenters. The molecular weight excluding hydrogens is 338 g/mol. The number of fused-ring (bicyclic) bond motifs is 1. The molecule has 2 aliphatic carbocycles. The molecule has 0 spiro atoms. The maximum absolute atomic E-state index is 13.7. The Morgan fingerprint density at radius 1 is 1.04 bits per heavy atom. The smallest absolute Gasteiger partial charge is 0.264 e. The molecule has 0 radical (unpaired) electrons. The van der Waals surface area contributed by atoms with Crippen LogP contribution in [-0.2, 0) is 7.05 Å². The van der Waals surface area contributed by atoms with Gasteiger partial charge in [0.25, 0.3) is 11.5 Å². The van der Waals surface area contributed by atoms with E-state index in [9.17, 15) is 9.59 Å². The van der Waals surface area contributed by atoms with Gasteiger partial charge in [0.2, 0.25) is 0 Å². The summed E-state index contributed by atoms with van der Waals surface area (Å²) < 4.78 is 1.52. The molecule has 0 aromatic carbocycles. The SMILES string of the molecule is Cn1c(=O)c(C(=O)N(C2CCCCC2)C2CCCCC2)cc2cccnc21. The van der Waals surface area contributed by atoms with Crippen molar-refractivity contribution >= 4 is 16.9 Å². The lowest BCUT2D eigenvalue weighted by molar-refractivity contribution is 0.0446. The minimum absolute atomic E-state index is 0.0693. The summed E-state index contributed by atoms with van der Waals surface area (Å²) in [7, 11) is 1.71. The van der Waals surface area contributed by atoms with Crippen molar-refractivity contribution in [1.82, 2.24) is 14.5 Å². The molecule has 2 aromatic heterocycles. The van der Waals surface area contributed by atoms with Gasteiger partial charge in [0.15, 0.2) is 0 Å². The van der Waals surface area contributed by atoms with E-state index in [2.05, 4.69) is 9.88 Å². The Labute approximate surface area is 160 Å². The van der Waals surface area contributed by atoms with Gasteiger partial charge in [-0.25, -0.2) is 4.98 Å². The highest BCUT2D eigenvalue weighted by Crippen LogP contribution is 2.31. The number of aromatic nitrogens is 2. The van der Waals surface area contributed by atoms with Crippen molar-refractivity contribution in [3.8, 4) is 0 Å².